The van der Waals surface area contributed by atoms with Crippen LogP contribution in [0.1, 0.15) is 30.6 Å². The van der Waals surface area contributed by atoms with Gasteiger partial charge in [0.1, 0.15) is 5.82 Å². The first-order valence-corrected chi connectivity index (χ1v) is 6.56. The SMILES string of the molecule is CCCNc1ncccc1C(=O)N(C)C(C)COC. The number of hydrogen-bond donors (Lipinski definition) is 1. The molecule has 1 unspecified atom stereocenters. The van der Waals surface area contributed by atoms with E-state index in [9.17, 15) is 4.79 Å². The molecule has 0 aromatic carbocycles. The number of likely N-dealkylation sites (N-methyl/N-ethyl adjacent to an activating group) is 1. The highest BCUT2D eigenvalue weighted by atomic mass is 16.5. The van der Waals surface area contributed by atoms with E-state index in [0.29, 0.717) is 18.0 Å². The van der Waals surface area contributed by atoms with E-state index in [-0.39, 0.29) is 11.9 Å². The zero-order chi connectivity index (χ0) is 14.3. The molecule has 0 saturated carbocycles. The van der Waals surface area contributed by atoms with E-state index in [0.717, 1.165) is 13.0 Å². The molecule has 5 nitrogen and oxygen atoms in total. The molecule has 1 N–H and O–H groups in total. The van der Waals surface area contributed by atoms with Gasteiger partial charge in [0.2, 0.25) is 0 Å². The lowest BCUT2D eigenvalue weighted by molar-refractivity contribution is 0.0634. The van der Waals surface area contributed by atoms with Crippen molar-refractivity contribution >= 4 is 11.7 Å². The van der Waals surface area contributed by atoms with Crippen LogP contribution in [0.25, 0.3) is 0 Å². The Labute approximate surface area is 115 Å². The van der Waals surface area contributed by atoms with Crippen molar-refractivity contribution in [3.63, 3.8) is 0 Å². The first-order valence-electron chi connectivity index (χ1n) is 6.56. The van der Waals surface area contributed by atoms with Crippen LogP contribution in [-0.4, -0.2) is 49.1 Å². The van der Waals surface area contributed by atoms with Crippen molar-refractivity contribution in [1.29, 1.82) is 0 Å². The number of ether oxygens (including phenoxy) is 1. The van der Waals surface area contributed by atoms with Gasteiger partial charge < -0.3 is 15.0 Å². The van der Waals surface area contributed by atoms with Crippen molar-refractivity contribution in [2.75, 3.05) is 32.6 Å². The first kappa shape index (κ1) is 15.4. The number of carbonyl (C=O) groups excluding carboxylic acids is 1. The fraction of sp³-hybridized carbons (Fsp3) is 0.571. The Balaban J connectivity index is 2.86. The van der Waals surface area contributed by atoms with Crippen LogP contribution in [0, 0.1) is 0 Å². The second-order valence-electron chi connectivity index (χ2n) is 4.55. The number of rotatable bonds is 7. The van der Waals surface area contributed by atoms with Crippen LogP contribution in [0.3, 0.4) is 0 Å². The molecular formula is C14H23N3O2. The van der Waals surface area contributed by atoms with E-state index in [4.69, 9.17) is 4.74 Å². The monoisotopic (exact) mass is 265 g/mol. The highest BCUT2D eigenvalue weighted by Crippen LogP contribution is 2.15. The minimum atomic E-state index is -0.0451. The van der Waals surface area contributed by atoms with Crippen LogP contribution in [0.5, 0.6) is 0 Å². The Kier molecular flexibility index (Phi) is 6.29. The highest BCUT2D eigenvalue weighted by molar-refractivity contribution is 5.98. The van der Waals surface area contributed by atoms with E-state index in [2.05, 4.69) is 17.2 Å². The Bertz CT molecular complexity index is 409. The second-order valence-corrected chi connectivity index (χ2v) is 4.55. The summed E-state index contributed by atoms with van der Waals surface area (Å²) >= 11 is 0. The van der Waals surface area contributed by atoms with Crippen LogP contribution in [-0.2, 0) is 4.74 Å². The lowest BCUT2D eigenvalue weighted by Gasteiger charge is -2.25. The van der Waals surface area contributed by atoms with Gasteiger partial charge in [-0.05, 0) is 25.5 Å². The van der Waals surface area contributed by atoms with Gasteiger partial charge in [-0.3, -0.25) is 4.79 Å². The largest absolute Gasteiger partial charge is 0.383 e. The molecule has 0 saturated heterocycles. The third kappa shape index (κ3) is 4.21. The van der Waals surface area contributed by atoms with Gasteiger partial charge in [-0.25, -0.2) is 4.98 Å². The fourth-order valence-corrected chi connectivity index (χ4v) is 1.71. The van der Waals surface area contributed by atoms with Gasteiger partial charge in [-0.15, -0.1) is 0 Å². The molecule has 0 aliphatic heterocycles. The molecule has 106 valence electrons. The lowest BCUT2D eigenvalue weighted by atomic mass is 10.2. The summed E-state index contributed by atoms with van der Waals surface area (Å²) in [5.41, 5.74) is 0.599. The van der Waals surface area contributed by atoms with Crippen molar-refractivity contribution in [3.8, 4) is 0 Å². The highest BCUT2D eigenvalue weighted by Gasteiger charge is 2.20. The maximum Gasteiger partial charge on any atom is 0.257 e. The molecule has 0 aliphatic carbocycles. The van der Waals surface area contributed by atoms with E-state index in [1.54, 1.807) is 37.4 Å². The normalized spacial score (nSPS) is 12.0. The lowest BCUT2D eigenvalue weighted by Crippen LogP contribution is -2.38. The van der Waals surface area contributed by atoms with Crippen molar-refractivity contribution in [2.45, 2.75) is 26.3 Å². The number of methoxy groups -OCH3 is 1. The van der Waals surface area contributed by atoms with Gasteiger partial charge in [-0.2, -0.15) is 0 Å². The number of nitrogens with one attached hydrogen (secondary N) is 1. The molecule has 1 aromatic heterocycles. The predicted molar refractivity (Wildman–Crippen MR) is 76.4 cm³/mol. The second kappa shape index (κ2) is 7.74. The topological polar surface area (TPSA) is 54.5 Å². The number of anilines is 1. The molecule has 1 amide bonds. The van der Waals surface area contributed by atoms with Crippen molar-refractivity contribution in [1.82, 2.24) is 9.88 Å². The number of nitrogens with zero attached hydrogens (tertiary/aromatic N) is 2. The number of aromatic nitrogens is 1. The van der Waals surface area contributed by atoms with Gasteiger partial charge in [0, 0.05) is 26.9 Å². The average molecular weight is 265 g/mol. The van der Waals surface area contributed by atoms with Crippen LogP contribution < -0.4 is 5.32 Å². The summed E-state index contributed by atoms with van der Waals surface area (Å²) in [6.45, 7) is 5.34. The van der Waals surface area contributed by atoms with Gasteiger partial charge in [0.25, 0.3) is 5.91 Å². The first-order chi connectivity index (χ1) is 9.11. The van der Waals surface area contributed by atoms with Crippen molar-refractivity contribution in [3.05, 3.63) is 23.9 Å². The summed E-state index contributed by atoms with van der Waals surface area (Å²) in [6, 6.07) is 3.60. The molecule has 0 fully saturated rings. The standard InChI is InChI=1S/C14H23N3O2/c1-5-8-15-13-12(7-6-9-16-13)14(18)17(3)11(2)10-19-4/h6-7,9,11H,5,8,10H2,1-4H3,(H,15,16). The Morgan fingerprint density at radius 1 is 1.58 bits per heavy atom. The third-order valence-electron chi connectivity index (χ3n) is 2.97. The third-order valence-corrected chi connectivity index (χ3v) is 2.97. The van der Waals surface area contributed by atoms with Crippen molar-refractivity contribution in [2.24, 2.45) is 0 Å². The summed E-state index contributed by atoms with van der Waals surface area (Å²) < 4.78 is 5.08. The fourth-order valence-electron chi connectivity index (χ4n) is 1.71. The number of pyridine rings is 1. The number of amides is 1. The molecule has 1 rings (SSSR count). The van der Waals surface area contributed by atoms with Crippen LogP contribution in [0.2, 0.25) is 0 Å². The molecular weight excluding hydrogens is 242 g/mol. The Morgan fingerprint density at radius 3 is 2.95 bits per heavy atom. The molecule has 1 aromatic rings. The Morgan fingerprint density at radius 2 is 2.32 bits per heavy atom. The molecule has 0 spiro atoms. The zero-order valence-corrected chi connectivity index (χ0v) is 12.1. The summed E-state index contributed by atoms with van der Waals surface area (Å²) in [6.07, 6.45) is 2.67. The number of carbonyl (C=O) groups is 1. The van der Waals surface area contributed by atoms with Gasteiger partial charge in [0.15, 0.2) is 0 Å². The van der Waals surface area contributed by atoms with Gasteiger partial charge >= 0.3 is 0 Å². The predicted octanol–water partition coefficient (Wildman–Crippen LogP) is 2.01. The van der Waals surface area contributed by atoms with E-state index in [1.165, 1.54) is 0 Å². The average Bonchev–Trinajstić information content (AvgIpc) is 2.44. The molecule has 0 aliphatic rings. The van der Waals surface area contributed by atoms with Gasteiger partial charge in [0.05, 0.1) is 18.2 Å². The maximum atomic E-state index is 12.4. The van der Waals surface area contributed by atoms with Crippen molar-refractivity contribution < 1.29 is 9.53 Å². The summed E-state index contributed by atoms with van der Waals surface area (Å²) in [4.78, 5) is 18.3. The summed E-state index contributed by atoms with van der Waals surface area (Å²) in [7, 11) is 3.41. The van der Waals surface area contributed by atoms with E-state index < -0.39 is 0 Å². The maximum absolute atomic E-state index is 12.4. The Hall–Kier alpha value is -1.62. The van der Waals surface area contributed by atoms with Crippen LogP contribution in [0.15, 0.2) is 18.3 Å². The van der Waals surface area contributed by atoms with Crippen LogP contribution in [0.4, 0.5) is 5.82 Å². The minimum Gasteiger partial charge on any atom is -0.383 e. The minimum absolute atomic E-state index is 0.0248. The molecule has 1 atom stereocenters. The van der Waals surface area contributed by atoms with E-state index >= 15 is 0 Å². The molecule has 5 heteroatoms. The van der Waals surface area contributed by atoms with Crippen LogP contribution >= 0.6 is 0 Å². The zero-order valence-electron chi connectivity index (χ0n) is 12.1. The summed E-state index contributed by atoms with van der Waals surface area (Å²) in [5, 5.41) is 3.18. The molecule has 0 radical (unpaired) electrons. The quantitative estimate of drug-likeness (QED) is 0.819. The molecule has 0 bridgehead atoms. The molecule has 1 heterocycles. The molecule has 19 heavy (non-hydrogen) atoms. The summed E-state index contributed by atoms with van der Waals surface area (Å²) in [5.74, 6) is 0.599. The van der Waals surface area contributed by atoms with E-state index in [1.807, 2.05) is 6.92 Å². The van der Waals surface area contributed by atoms with Gasteiger partial charge in [-0.1, -0.05) is 6.92 Å². The smallest absolute Gasteiger partial charge is 0.257 e. The number of hydrogen-bond acceptors (Lipinski definition) is 4.